The van der Waals surface area contributed by atoms with Crippen molar-refractivity contribution in [2.24, 2.45) is 5.92 Å². The second kappa shape index (κ2) is 4.68. The molecule has 3 rings (SSSR count). The number of H-pyrrole nitrogens is 1. The summed E-state index contributed by atoms with van der Waals surface area (Å²) in [5.74, 6) is 0.233. The summed E-state index contributed by atoms with van der Waals surface area (Å²) in [4.78, 5) is 17.4. The molecule has 19 heavy (non-hydrogen) atoms. The van der Waals surface area contributed by atoms with Crippen LogP contribution in [0.2, 0.25) is 0 Å². The molecule has 2 aromatic rings. The first-order chi connectivity index (χ1) is 9.15. The van der Waals surface area contributed by atoms with Gasteiger partial charge in [-0.15, -0.1) is 0 Å². The minimum absolute atomic E-state index is 0.00315. The minimum Gasteiger partial charge on any atom is -0.360 e. The highest BCUT2D eigenvalue weighted by Crippen LogP contribution is 2.23. The van der Waals surface area contributed by atoms with Gasteiger partial charge in [0.1, 0.15) is 5.82 Å². The normalized spacial score (nSPS) is 19.9. The maximum absolute atomic E-state index is 13.3. The van der Waals surface area contributed by atoms with Crippen LogP contribution in [-0.4, -0.2) is 28.9 Å². The van der Waals surface area contributed by atoms with E-state index in [4.69, 9.17) is 0 Å². The van der Waals surface area contributed by atoms with E-state index in [1.165, 1.54) is 18.6 Å². The van der Waals surface area contributed by atoms with Gasteiger partial charge in [0.25, 0.3) is 5.91 Å². The molecule has 0 spiro atoms. The average molecular weight is 260 g/mol. The molecule has 1 aliphatic heterocycles. The number of piperidine rings is 1. The van der Waals surface area contributed by atoms with E-state index >= 15 is 0 Å². The van der Waals surface area contributed by atoms with Gasteiger partial charge in [0.2, 0.25) is 0 Å². The van der Waals surface area contributed by atoms with Crippen molar-refractivity contribution >= 4 is 16.8 Å². The van der Waals surface area contributed by atoms with Gasteiger partial charge in [0.15, 0.2) is 0 Å². The number of carbonyl (C=O) groups is 1. The minimum atomic E-state index is -0.312. The SMILES string of the molecule is CC1CCCN(C(=O)c2c[nH]c3ccc(F)cc23)C1. The van der Waals surface area contributed by atoms with Crippen molar-refractivity contribution in [3.8, 4) is 0 Å². The van der Waals surface area contributed by atoms with E-state index in [1.807, 2.05) is 4.90 Å². The Kier molecular flexibility index (Phi) is 3.01. The molecule has 1 aromatic carbocycles. The van der Waals surface area contributed by atoms with Crippen molar-refractivity contribution in [2.75, 3.05) is 13.1 Å². The van der Waals surface area contributed by atoms with Crippen LogP contribution in [0, 0.1) is 11.7 Å². The Morgan fingerprint density at radius 3 is 3.11 bits per heavy atom. The van der Waals surface area contributed by atoms with Gasteiger partial charge in [-0.2, -0.15) is 0 Å². The van der Waals surface area contributed by atoms with Crippen LogP contribution in [0.3, 0.4) is 0 Å². The molecule has 1 aromatic heterocycles. The number of hydrogen-bond donors (Lipinski definition) is 1. The van der Waals surface area contributed by atoms with Crippen LogP contribution in [0.5, 0.6) is 0 Å². The molecule has 1 amide bonds. The third-order valence-electron chi connectivity index (χ3n) is 3.82. The van der Waals surface area contributed by atoms with Gasteiger partial charge >= 0.3 is 0 Å². The zero-order chi connectivity index (χ0) is 13.4. The lowest BCUT2D eigenvalue weighted by Gasteiger charge is -2.30. The van der Waals surface area contributed by atoms with Crippen molar-refractivity contribution in [3.05, 3.63) is 35.8 Å². The molecule has 0 aliphatic carbocycles. The molecule has 1 fully saturated rings. The summed E-state index contributed by atoms with van der Waals surface area (Å²) in [5, 5.41) is 0.670. The highest BCUT2D eigenvalue weighted by Gasteiger charge is 2.23. The number of aromatic nitrogens is 1. The zero-order valence-electron chi connectivity index (χ0n) is 10.9. The van der Waals surface area contributed by atoms with E-state index < -0.39 is 0 Å². The second-order valence-corrected chi connectivity index (χ2v) is 5.39. The predicted molar refractivity (Wildman–Crippen MR) is 72.6 cm³/mol. The molecular formula is C15H17FN2O. The first-order valence-electron chi connectivity index (χ1n) is 6.71. The molecule has 3 nitrogen and oxygen atoms in total. The van der Waals surface area contributed by atoms with Gasteiger partial charge in [0.05, 0.1) is 5.56 Å². The standard InChI is InChI=1S/C15H17FN2O/c1-10-3-2-6-18(9-10)15(19)13-8-17-14-5-4-11(16)7-12(13)14/h4-5,7-8,10,17H,2-3,6,9H2,1H3. The zero-order valence-corrected chi connectivity index (χ0v) is 10.9. The number of rotatable bonds is 1. The summed E-state index contributed by atoms with van der Waals surface area (Å²) in [6.45, 7) is 3.75. The van der Waals surface area contributed by atoms with E-state index in [0.717, 1.165) is 25.0 Å². The Morgan fingerprint density at radius 1 is 1.47 bits per heavy atom. The maximum Gasteiger partial charge on any atom is 0.256 e. The van der Waals surface area contributed by atoms with Gasteiger partial charge < -0.3 is 9.88 Å². The summed E-state index contributed by atoms with van der Waals surface area (Å²) >= 11 is 0. The van der Waals surface area contributed by atoms with Crippen molar-refractivity contribution in [2.45, 2.75) is 19.8 Å². The number of hydrogen-bond acceptors (Lipinski definition) is 1. The number of likely N-dealkylation sites (tertiary alicyclic amines) is 1. The summed E-state index contributed by atoms with van der Waals surface area (Å²) in [5.41, 5.74) is 1.37. The second-order valence-electron chi connectivity index (χ2n) is 5.39. The van der Waals surface area contributed by atoms with Gasteiger partial charge in [-0.05, 0) is 37.0 Å². The largest absolute Gasteiger partial charge is 0.360 e. The fourth-order valence-electron chi connectivity index (χ4n) is 2.81. The van der Waals surface area contributed by atoms with E-state index in [9.17, 15) is 9.18 Å². The third-order valence-corrected chi connectivity index (χ3v) is 3.82. The van der Waals surface area contributed by atoms with Gasteiger partial charge in [-0.1, -0.05) is 6.92 Å². The van der Waals surface area contributed by atoms with Crippen LogP contribution in [-0.2, 0) is 0 Å². The number of halogens is 1. The molecule has 100 valence electrons. The molecule has 0 radical (unpaired) electrons. The number of nitrogens with one attached hydrogen (secondary N) is 1. The molecule has 4 heteroatoms. The summed E-state index contributed by atoms with van der Waals surface area (Å²) in [6, 6.07) is 4.49. The lowest BCUT2D eigenvalue weighted by molar-refractivity contribution is 0.0685. The Labute approximate surface area is 111 Å². The van der Waals surface area contributed by atoms with Gasteiger partial charge in [0, 0.05) is 30.2 Å². The van der Waals surface area contributed by atoms with Crippen LogP contribution in [0.15, 0.2) is 24.4 Å². The van der Waals surface area contributed by atoms with Crippen LogP contribution >= 0.6 is 0 Å². The average Bonchev–Trinajstić information content (AvgIpc) is 2.80. The Hall–Kier alpha value is -1.84. The van der Waals surface area contributed by atoms with Crippen molar-refractivity contribution in [1.82, 2.24) is 9.88 Å². The number of carbonyl (C=O) groups excluding carboxylic acids is 1. The molecule has 1 unspecified atom stereocenters. The monoisotopic (exact) mass is 260 g/mol. The van der Waals surface area contributed by atoms with Crippen molar-refractivity contribution < 1.29 is 9.18 Å². The fraction of sp³-hybridized carbons (Fsp3) is 0.400. The number of benzene rings is 1. The van der Waals surface area contributed by atoms with E-state index in [2.05, 4.69) is 11.9 Å². The Morgan fingerprint density at radius 2 is 2.32 bits per heavy atom. The molecule has 1 N–H and O–H groups in total. The maximum atomic E-state index is 13.3. The lowest BCUT2D eigenvalue weighted by Crippen LogP contribution is -2.39. The third kappa shape index (κ3) is 2.23. The number of amides is 1. The number of nitrogens with zero attached hydrogens (tertiary/aromatic N) is 1. The first kappa shape index (κ1) is 12.2. The molecule has 1 aliphatic rings. The number of fused-ring (bicyclic) bond motifs is 1. The van der Waals surface area contributed by atoms with E-state index in [0.29, 0.717) is 16.9 Å². The molecule has 2 heterocycles. The molecule has 0 bridgehead atoms. The fourth-order valence-corrected chi connectivity index (χ4v) is 2.81. The van der Waals surface area contributed by atoms with Crippen LogP contribution in [0.4, 0.5) is 4.39 Å². The van der Waals surface area contributed by atoms with Crippen LogP contribution < -0.4 is 0 Å². The summed E-state index contributed by atoms with van der Waals surface area (Å²) in [6.07, 6.45) is 3.90. The molecular weight excluding hydrogens is 243 g/mol. The van der Waals surface area contributed by atoms with Crippen LogP contribution in [0.25, 0.3) is 10.9 Å². The van der Waals surface area contributed by atoms with Crippen molar-refractivity contribution in [1.29, 1.82) is 0 Å². The van der Waals surface area contributed by atoms with Crippen LogP contribution in [0.1, 0.15) is 30.1 Å². The quantitative estimate of drug-likeness (QED) is 0.840. The Balaban J connectivity index is 1.95. The highest BCUT2D eigenvalue weighted by molar-refractivity contribution is 6.06. The van der Waals surface area contributed by atoms with Gasteiger partial charge in [-0.3, -0.25) is 4.79 Å². The van der Waals surface area contributed by atoms with Gasteiger partial charge in [-0.25, -0.2) is 4.39 Å². The Bertz CT molecular complexity index is 620. The smallest absolute Gasteiger partial charge is 0.256 e. The van der Waals surface area contributed by atoms with Crippen molar-refractivity contribution in [3.63, 3.8) is 0 Å². The molecule has 1 atom stereocenters. The topological polar surface area (TPSA) is 36.1 Å². The first-order valence-corrected chi connectivity index (χ1v) is 6.71. The van der Waals surface area contributed by atoms with E-state index in [1.54, 1.807) is 12.3 Å². The lowest BCUT2D eigenvalue weighted by atomic mass is 9.99. The number of aromatic amines is 1. The predicted octanol–water partition coefficient (Wildman–Crippen LogP) is 3.18. The molecule has 0 saturated carbocycles. The highest BCUT2D eigenvalue weighted by atomic mass is 19.1. The summed E-state index contributed by atoms with van der Waals surface area (Å²) in [7, 11) is 0. The summed E-state index contributed by atoms with van der Waals surface area (Å²) < 4.78 is 13.3. The molecule has 1 saturated heterocycles. The van der Waals surface area contributed by atoms with E-state index in [-0.39, 0.29) is 11.7 Å².